The molecule has 1 aromatic carbocycles. The largest absolute Gasteiger partial charge is 0.342 e. The van der Waals surface area contributed by atoms with Gasteiger partial charge in [0, 0.05) is 44.3 Å². The molecule has 220 valence electrons. The summed E-state index contributed by atoms with van der Waals surface area (Å²) in [7, 11) is 1.70. The Hall–Kier alpha value is -3.86. The lowest BCUT2D eigenvalue weighted by Gasteiger charge is -2.37. The number of amides is 3. The number of aromatic nitrogens is 3. The maximum atomic E-state index is 13.9. The molecule has 0 spiro atoms. The van der Waals surface area contributed by atoms with Gasteiger partial charge in [-0.2, -0.15) is 0 Å². The number of rotatable bonds is 10. The third-order valence-electron chi connectivity index (χ3n) is 7.62. The molecule has 1 fully saturated rings. The number of carbonyl (C=O) groups excluding carboxylic acids is 3. The first-order valence-electron chi connectivity index (χ1n) is 14.1. The highest BCUT2D eigenvalue weighted by molar-refractivity contribution is 5.93. The average Bonchev–Trinajstić information content (AvgIpc) is 3.59. The predicted octanol–water partition coefficient (Wildman–Crippen LogP) is 2.68. The number of halogens is 1. The van der Waals surface area contributed by atoms with E-state index in [1.165, 1.54) is 12.1 Å². The van der Waals surface area contributed by atoms with E-state index in [9.17, 15) is 18.8 Å². The first kappa shape index (κ1) is 30.1. The van der Waals surface area contributed by atoms with Gasteiger partial charge in [-0.05, 0) is 62.4 Å². The molecule has 0 bridgehead atoms. The van der Waals surface area contributed by atoms with E-state index in [0.717, 1.165) is 18.4 Å². The summed E-state index contributed by atoms with van der Waals surface area (Å²) in [5.74, 6) is -0.606. The van der Waals surface area contributed by atoms with Crippen molar-refractivity contribution in [1.82, 2.24) is 34.8 Å². The fourth-order valence-corrected chi connectivity index (χ4v) is 5.11. The van der Waals surface area contributed by atoms with E-state index >= 15 is 0 Å². The Morgan fingerprint density at radius 2 is 2.00 bits per heavy atom. The lowest BCUT2D eigenvalue weighted by atomic mass is 9.85. The van der Waals surface area contributed by atoms with Crippen molar-refractivity contribution < 1.29 is 18.8 Å². The summed E-state index contributed by atoms with van der Waals surface area (Å²) in [5, 5.41) is 5.86. The van der Waals surface area contributed by atoms with Gasteiger partial charge in [-0.1, -0.05) is 32.9 Å². The zero-order valence-electron chi connectivity index (χ0n) is 24.4. The van der Waals surface area contributed by atoms with Gasteiger partial charge in [0.2, 0.25) is 17.6 Å². The highest BCUT2D eigenvalue weighted by Crippen LogP contribution is 2.27. The third kappa shape index (κ3) is 7.27. The van der Waals surface area contributed by atoms with Crippen LogP contribution in [0.25, 0.3) is 5.78 Å². The first-order chi connectivity index (χ1) is 19.5. The number of carbonyl (C=O) groups is 3. The highest BCUT2D eigenvalue weighted by Gasteiger charge is 2.41. The van der Waals surface area contributed by atoms with Crippen molar-refractivity contribution in [2.24, 2.45) is 5.41 Å². The van der Waals surface area contributed by atoms with E-state index in [1.807, 2.05) is 26.8 Å². The molecule has 0 saturated carbocycles. The van der Waals surface area contributed by atoms with Gasteiger partial charge in [0.1, 0.15) is 17.6 Å². The molecule has 3 unspecified atom stereocenters. The second-order valence-electron chi connectivity index (χ2n) is 11.7. The normalized spacial score (nSPS) is 16.9. The molecule has 11 heteroatoms. The lowest BCUT2D eigenvalue weighted by molar-refractivity contribution is -0.140. The molecule has 3 aromatic rings. The van der Waals surface area contributed by atoms with E-state index < -0.39 is 17.5 Å². The molecule has 4 rings (SSSR count). The molecule has 3 heterocycles. The molecule has 3 amide bonds. The summed E-state index contributed by atoms with van der Waals surface area (Å²) in [4.78, 5) is 52.6. The summed E-state index contributed by atoms with van der Waals surface area (Å²) >= 11 is 0. The molecular weight excluding hydrogens is 525 g/mol. The van der Waals surface area contributed by atoms with Crippen LogP contribution in [0.1, 0.15) is 56.6 Å². The molecule has 2 aromatic heterocycles. The second kappa shape index (κ2) is 12.8. The van der Waals surface area contributed by atoms with Crippen LogP contribution < -0.4 is 10.6 Å². The summed E-state index contributed by atoms with van der Waals surface area (Å²) in [6.45, 7) is 8.68. The second-order valence-corrected chi connectivity index (χ2v) is 11.7. The van der Waals surface area contributed by atoms with Crippen LogP contribution in [0.2, 0.25) is 0 Å². The van der Waals surface area contributed by atoms with Gasteiger partial charge in [-0.3, -0.25) is 18.8 Å². The van der Waals surface area contributed by atoms with Gasteiger partial charge in [-0.15, -0.1) is 0 Å². The Morgan fingerprint density at radius 3 is 2.68 bits per heavy atom. The van der Waals surface area contributed by atoms with Crippen LogP contribution in [0.4, 0.5) is 4.39 Å². The molecule has 3 atom stereocenters. The van der Waals surface area contributed by atoms with Gasteiger partial charge in [0.05, 0.1) is 6.04 Å². The van der Waals surface area contributed by atoms with Gasteiger partial charge in [-0.25, -0.2) is 14.4 Å². The van der Waals surface area contributed by atoms with Crippen molar-refractivity contribution in [3.8, 4) is 0 Å². The van der Waals surface area contributed by atoms with Crippen LogP contribution >= 0.6 is 0 Å². The van der Waals surface area contributed by atoms with Crippen LogP contribution in [0.3, 0.4) is 0 Å². The predicted molar refractivity (Wildman–Crippen MR) is 154 cm³/mol. The van der Waals surface area contributed by atoms with Crippen LogP contribution in [0.5, 0.6) is 0 Å². The minimum atomic E-state index is -0.729. The standard InChI is InChI=1S/C30H40FN7O3/c1-20(32-5)26(39)35-25(30(2,3)4)28(41)38-15-7-11-23(38)18-36(16-12-21-9-6-10-22(31)17-21)27(40)24-19-37-14-8-13-33-29(37)34-24/h6,8-10,13-14,17,19-20,23,25,32H,7,11-12,15-16,18H2,1-5H3,(H,35,39). The van der Waals surface area contributed by atoms with Gasteiger partial charge < -0.3 is 20.4 Å². The molecule has 1 saturated heterocycles. The van der Waals surface area contributed by atoms with Crippen molar-refractivity contribution in [3.05, 3.63) is 66.0 Å². The number of benzene rings is 1. The van der Waals surface area contributed by atoms with Crippen molar-refractivity contribution in [3.63, 3.8) is 0 Å². The third-order valence-corrected chi connectivity index (χ3v) is 7.62. The van der Waals surface area contributed by atoms with Crippen molar-refractivity contribution in [2.45, 2.75) is 65.1 Å². The molecule has 41 heavy (non-hydrogen) atoms. The van der Waals surface area contributed by atoms with Gasteiger partial charge in [0.25, 0.3) is 5.91 Å². The van der Waals surface area contributed by atoms with Gasteiger partial charge in [0.15, 0.2) is 0 Å². The van der Waals surface area contributed by atoms with E-state index in [1.54, 1.807) is 58.9 Å². The number of fused-ring (bicyclic) bond motifs is 1. The first-order valence-corrected chi connectivity index (χ1v) is 14.1. The van der Waals surface area contributed by atoms with Gasteiger partial charge >= 0.3 is 0 Å². The van der Waals surface area contributed by atoms with Crippen LogP contribution in [-0.4, -0.2) is 86.7 Å². The quantitative estimate of drug-likeness (QED) is 0.391. The SMILES string of the molecule is CNC(C)C(=O)NC(C(=O)N1CCCC1CN(CCc1cccc(F)c1)C(=O)c1cn2cccnc2n1)C(C)(C)C. The van der Waals surface area contributed by atoms with E-state index in [4.69, 9.17) is 0 Å². The number of nitrogens with zero attached hydrogens (tertiary/aromatic N) is 5. The smallest absolute Gasteiger partial charge is 0.274 e. The number of nitrogens with one attached hydrogen (secondary N) is 2. The number of hydrogen-bond donors (Lipinski definition) is 2. The summed E-state index contributed by atoms with van der Waals surface area (Å²) in [6.07, 6.45) is 6.99. The number of imidazole rings is 1. The minimum absolute atomic E-state index is 0.161. The van der Waals surface area contributed by atoms with Crippen LogP contribution in [0.15, 0.2) is 48.9 Å². The number of likely N-dealkylation sites (tertiary alicyclic amines) is 1. The summed E-state index contributed by atoms with van der Waals surface area (Å²) in [5.41, 5.74) is 0.497. The number of likely N-dealkylation sites (N-methyl/N-ethyl adjacent to an activating group) is 1. The van der Waals surface area contributed by atoms with Crippen LogP contribution in [0, 0.1) is 11.2 Å². The molecule has 0 radical (unpaired) electrons. The molecule has 10 nitrogen and oxygen atoms in total. The van der Waals surface area contributed by atoms with E-state index in [-0.39, 0.29) is 35.3 Å². The fraction of sp³-hybridized carbons (Fsp3) is 0.500. The Balaban J connectivity index is 1.57. The summed E-state index contributed by atoms with van der Waals surface area (Å²) < 4.78 is 15.5. The van der Waals surface area contributed by atoms with E-state index in [0.29, 0.717) is 31.8 Å². The molecule has 2 N–H and O–H groups in total. The Bertz CT molecular complexity index is 1350. The highest BCUT2D eigenvalue weighted by atomic mass is 19.1. The maximum Gasteiger partial charge on any atom is 0.274 e. The van der Waals surface area contributed by atoms with Crippen molar-refractivity contribution in [1.29, 1.82) is 0 Å². The monoisotopic (exact) mass is 565 g/mol. The molecule has 1 aliphatic heterocycles. The Morgan fingerprint density at radius 1 is 1.22 bits per heavy atom. The average molecular weight is 566 g/mol. The molecule has 0 aliphatic carbocycles. The van der Waals surface area contributed by atoms with Crippen molar-refractivity contribution >= 4 is 23.5 Å². The van der Waals surface area contributed by atoms with Crippen molar-refractivity contribution in [2.75, 3.05) is 26.7 Å². The topological polar surface area (TPSA) is 112 Å². The number of hydrogen-bond acceptors (Lipinski definition) is 6. The zero-order chi connectivity index (χ0) is 29.7. The lowest BCUT2D eigenvalue weighted by Crippen LogP contribution is -2.59. The fourth-order valence-electron chi connectivity index (χ4n) is 5.11. The Kier molecular flexibility index (Phi) is 9.37. The molecule has 1 aliphatic rings. The van der Waals surface area contributed by atoms with E-state index in [2.05, 4.69) is 20.6 Å². The van der Waals surface area contributed by atoms with Crippen LogP contribution in [-0.2, 0) is 16.0 Å². The molecular formula is C30H40FN7O3. The Labute approximate surface area is 240 Å². The maximum absolute atomic E-state index is 13.9. The summed E-state index contributed by atoms with van der Waals surface area (Å²) in [6, 6.07) is 6.68. The minimum Gasteiger partial charge on any atom is -0.342 e. The zero-order valence-corrected chi connectivity index (χ0v) is 24.4.